The van der Waals surface area contributed by atoms with Gasteiger partial charge in [0, 0.05) is 0 Å². The Balaban J connectivity index is 0.00000160. The van der Waals surface area contributed by atoms with E-state index in [1.807, 2.05) is 0 Å². The van der Waals surface area contributed by atoms with Gasteiger partial charge in [0.05, 0.1) is 0 Å². The van der Waals surface area contributed by atoms with E-state index in [-0.39, 0.29) is 24.8 Å². The summed E-state index contributed by atoms with van der Waals surface area (Å²) in [6, 6.07) is 22.3. The molecule has 0 saturated carbocycles. The monoisotopic (exact) mass is 512 g/mol. The van der Waals surface area contributed by atoms with Crippen LogP contribution in [0.5, 0.6) is 0 Å². The molecule has 0 fully saturated rings. The van der Waals surface area contributed by atoms with Crippen LogP contribution in [0.15, 0.2) is 103 Å². The summed E-state index contributed by atoms with van der Waals surface area (Å²) in [5, 5.41) is 0. The van der Waals surface area contributed by atoms with Crippen LogP contribution in [0.1, 0.15) is 38.8 Å². The van der Waals surface area contributed by atoms with E-state index in [2.05, 4.69) is 113 Å². The number of hydrogen-bond acceptors (Lipinski definition) is 0. The van der Waals surface area contributed by atoms with Crippen molar-refractivity contribution in [1.29, 1.82) is 0 Å². The molecular weight excluding hydrogens is 486 g/mol. The van der Waals surface area contributed by atoms with Gasteiger partial charge in [0.2, 0.25) is 0 Å². The van der Waals surface area contributed by atoms with E-state index >= 15 is 0 Å². The molecule has 3 heteroatoms. The second-order valence-corrected chi connectivity index (χ2v) is 13.7. The van der Waals surface area contributed by atoms with Gasteiger partial charge in [-0.3, -0.25) is 0 Å². The van der Waals surface area contributed by atoms with Crippen LogP contribution in [-0.4, -0.2) is 3.21 Å². The molecule has 2 aliphatic rings. The van der Waals surface area contributed by atoms with Crippen LogP contribution in [0.2, 0.25) is 0 Å². The summed E-state index contributed by atoms with van der Waals surface area (Å²) < 4.78 is 5.11. The van der Waals surface area contributed by atoms with Gasteiger partial charge in [0.1, 0.15) is 0 Å². The maximum Gasteiger partial charge on any atom is -1.00 e. The fourth-order valence-corrected chi connectivity index (χ4v) is 13.9. The van der Waals surface area contributed by atoms with Crippen LogP contribution in [0.25, 0.3) is 0 Å². The topological polar surface area (TPSA) is 0 Å². The van der Waals surface area contributed by atoms with Crippen molar-refractivity contribution in [1.82, 2.24) is 0 Å². The SMILES string of the molecule is CC1=[C]([Zr+2]([C]2=C(C)C=CC2C)=[C](c2ccccc2)c2ccccc2)C(C)C=C1.[Cl-].[Cl-]. The van der Waals surface area contributed by atoms with Crippen molar-refractivity contribution in [2.45, 2.75) is 27.7 Å². The van der Waals surface area contributed by atoms with E-state index in [1.54, 1.807) is 9.77 Å². The van der Waals surface area contributed by atoms with Crippen molar-refractivity contribution >= 4 is 3.21 Å². The first kappa shape index (κ1) is 25.0. The van der Waals surface area contributed by atoms with Crippen LogP contribution in [0.3, 0.4) is 0 Å². The number of rotatable bonds is 4. The largest absolute Gasteiger partial charge is 1.00 e. The van der Waals surface area contributed by atoms with Crippen LogP contribution in [0, 0.1) is 11.8 Å². The molecule has 2 unspecified atom stereocenters. The van der Waals surface area contributed by atoms with E-state index in [0.717, 1.165) is 0 Å². The molecule has 2 aliphatic carbocycles. The summed E-state index contributed by atoms with van der Waals surface area (Å²) in [6.07, 6.45) is 9.53. The first-order chi connectivity index (χ1) is 13.6. The molecule has 30 heavy (non-hydrogen) atoms. The smallest absolute Gasteiger partial charge is 1.00 e. The molecule has 2 atom stereocenters. The Morgan fingerprint density at radius 2 is 1.00 bits per heavy atom. The normalized spacial score (nSPS) is 19.3. The Morgan fingerprint density at radius 3 is 1.30 bits per heavy atom. The molecule has 0 amide bonds. The Labute approximate surface area is 201 Å². The third-order valence-corrected chi connectivity index (χ3v) is 15.4. The van der Waals surface area contributed by atoms with Gasteiger partial charge in [-0.05, 0) is 0 Å². The van der Waals surface area contributed by atoms with E-state index < -0.39 is 21.3 Å². The number of halogens is 2. The number of hydrogen-bond donors (Lipinski definition) is 0. The molecule has 0 radical (unpaired) electrons. The van der Waals surface area contributed by atoms with Gasteiger partial charge in [0.15, 0.2) is 0 Å². The standard InChI is InChI=1S/C13H10.2C7H9.2ClH.Zr/c1-3-7-12(8-4-1)11-13-9-5-2-6-10-13;2*1-6-3-4-7(2)5-6;;;/h1-10H;2*3-4,6H,1-2H3;2*1H;/q;;;;;+2/p-2. The minimum atomic E-state index is -2.37. The molecule has 4 rings (SSSR count). The molecule has 0 spiro atoms. The summed E-state index contributed by atoms with van der Waals surface area (Å²) in [6.45, 7) is 9.43. The average Bonchev–Trinajstić information content (AvgIpc) is 3.22. The third-order valence-electron chi connectivity index (χ3n) is 5.94. The maximum absolute atomic E-state index is 2.40. The molecule has 0 nitrogen and oxygen atoms in total. The van der Waals surface area contributed by atoms with Crippen molar-refractivity contribution in [3.05, 3.63) is 114 Å². The fourth-order valence-electron chi connectivity index (χ4n) is 4.60. The first-order valence-electron chi connectivity index (χ1n) is 10.2. The van der Waals surface area contributed by atoms with Crippen LogP contribution < -0.4 is 24.8 Å². The van der Waals surface area contributed by atoms with Crippen molar-refractivity contribution in [2.24, 2.45) is 11.8 Å². The Kier molecular flexibility index (Phi) is 9.04. The van der Waals surface area contributed by atoms with Crippen LogP contribution >= 0.6 is 0 Å². The molecule has 2 aromatic carbocycles. The summed E-state index contributed by atoms with van der Waals surface area (Å²) in [5.41, 5.74) is 5.82. The van der Waals surface area contributed by atoms with Gasteiger partial charge < -0.3 is 24.8 Å². The first-order valence-corrected chi connectivity index (χ1v) is 13.9. The second kappa shape index (κ2) is 10.9. The Bertz CT molecular complexity index is 957. The van der Waals surface area contributed by atoms with Gasteiger partial charge in [0.25, 0.3) is 0 Å². The average molecular weight is 515 g/mol. The zero-order valence-electron chi connectivity index (χ0n) is 18.0. The summed E-state index contributed by atoms with van der Waals surface area (Å²) >= 11 is -2.37. The Hall–Kier alpha value is -1.27. The molecule has 0 aromatic heterocycles. The van der Waals surface area contributed by atoms with Crippen molar-refractivity contribution in [3.8, 4) is 0 Å². The molecule has 154 valence electrons. The van der Waals surface area contributed by atoms with Crippen molar-refractivity contribution in [3.63, 3.8) is 0 Å². The number of allylic oxidation sites excluding steroid dienone is 8. The van der Waals surface area contributed by atoms with E-state index in [9.17, 15) is 0 Å². The summed E-state index contributed by atoms with van der Waals surface area (Å²) in [4.78, 5) is 0. The van der Waals surface area contributed by atoms with Gasteiger partial charge >= 0.3 is 178 Å². The van der Waals surface area contributed by atoms with E-state index in [4.69, 9.17) is 0 Å². The predicted octanol–water partition coefficient (Wildman–Crippen LogP) is 0.841. The van der Waals surface area contributed by atoms with Gasteiger partial charge in [-0.15, -0.1) is 0 Å². The zero-order valence-corrected chi connectivity index (χ0v) is 22.0. The van der Waals surface area contributed by atoms with Gasteiger partial charge in [-0.1, -0.05) is 0 Å². The molecular formula is C27H28Cl2Zr. The minimum Gasteiger partial charge on any atom is -1.00 e. The third kappa shape index (κ3) is 4.80. The molecule has 0 saturated heterocycles. The quantitative estimate of drug-likeness (QED) is 0.568. The molecule has 0 N–H and O–H groups in total. The second-order valence-electron chi connectivity index (χ2n) is 7.97. The van der Waals surface area contributed by atoms with E-state index in [1.165, 1.54) is 22.3 Å². The van der Waals surface area contributed by atoms with E-state index in [0.29, 0.717) is 11.8 Å². The molecule has 0 heterocycles. The van der Waals surface area contributed by atoms with Crippen LogP contribution in [-0.2, 0) is 21.3 Å². The van der Waals surface area contributed by atoms with Crippen molar-refractivity contribution in [2.75, 3.05) is 0 Å². The van der Waals surface area contributed by atoms with Gasteiger partial charge in [-0.2, -0.15) is 0 Å². The summed E-state index contributed by atoms with van der Waals surface area (Å²) in [7, 11) is 0. The van der Waals surface area contributed by atoms with Crippen LogP contribution in [0.4, 0.5) is 0 Å². The fraction of sp³-hybridized carbons (Fsp3) is 0.222. The molecule has 0 bridgehead atoms. The molecule has 0 aliphatic heterocycles. The zero-order chi connectivity index (χ0) is 19.7. The van der Waals surface area contributed by atoms with Gasteiger partial charge in [-0.25, -0.2) is 0 Å². The van der Waals surface area contributed by atoms with Crippen molar-refractivity contribution < 1.29 is 46.1 Å². The summed E-state index contributed by atoms with van der Waals surface area (Å²) in [5.74, 6) is 1.09. The predicted molar refractivity (Wildman–Crippen MR) is 118 cm³/mol. The minimum absolute atomic E-state index is 0. The number of benzene rings is 2. The maximum atomic E-state index is 2.40. The Morgan fingerprint density at radius 1 is 0.633 bits per heavy atom. The molecule has 2 aromatic rings.